The highest BCUT2D eigenvalue weighted by molar-refractivity contribution is 6.22. The van der Waals surface area contributed by atoms with E-state index < -0.39 is 42.3 Å². The van der Waals surface area contributed by atoms with E-state index in [0.717, 1.165) is 4.90 Å². The first-order valence-corrected chi connectivity index (χ1v) is 9.54. The molecule has 3 amide bonds. The van der Waals surface area contributed by atoms with Crippen LogP contribution in [-0.2, 0) is 19.1 Å². The second-order valence-corrected chi connectivity index (χ2v) is 6.66. The minimum absolute atomic E-state index is 0.219. The fourth-order valence-electron chi connectivity index (χ4n) is 3.02. The number of imide groups is 1. The van der Waals surface area contributed by atoms with E-state index in [1.807, 2.05) is 0 Å². The second kappa shape index (κ2) is 9.21. The number of esters is 2. The van der Waals surface area contributed by atoms with Gasteiger partial charge in [-0.2, -0.15) is 0 Å². The van der Waals surface area contributed by atoms with Crippen LogP contribution in [0.2, 0.25) is 0 Å². The molecule has 0 saturated heterocycles. The zero-order valence-electron chi connectivity index (χ0n) is 16.9. The van der Waals surface area contributed by atoms with E-state index >= 15 is 0 Å². The van der Waals surface area contributed by atoms with Crippen molar-refractivity contribution in [1.29, 1.82) is 0 Å². The van der Waals surface area contributed by atoms with Gasteiger partial charge in [-0.3, -0.25) is 19.3 Å². The van der Waals surface area contributed by atoms with Crippen LogP contribution in [0.4, 0.5) is 5.69 Å². The van der Waals surface area contributed by atoms with Crippen molar-refractivity contribution in [2.24, 2.45) is 0 Å². The molecule has 1 atom stereocenters. The summed E-state index contributed by atoms with van der Waals surface area (Å²) < 4.78 is 9.85. The Morgan fingerprint density at radius 3 is 2.06 bits per heavy atom. The first kappa shape index (κ1) is 21.7. The summed E-state index contributed by atoms with van der Waals surface area (Å²) in [4.78, 5) is 61.7. The fraction of sp³-hybridized carbons (Fsp3) is 0.227. The van der Waals surface area contributed by atoms with Crippen LogP contribution >= 0.6 is 0 Å². The summed E-state index contributed by atoms with van der Waals surface area (Å²) in [6, 6.07) is 11.1. The van der Waals surface area contributed by atoms with Crippen molar-refractivity contribution < 1.29 is 33.4 Å². The summed E-state index contributed by atoms with van der Waals surface area (Å²) >= 11 is 0. The molecule has 0 aromatic heterocycles. The van der Waals surface area contributed by atoms with Crippen molar-refractivity contribution in [3.8, 4) is 0 Å². The Labute approximate surface area is 177 Å². The normalized spacial score (nSPS) is 13.4. The Hall–Kier alpha value is -4.01. The van der Waals surface area contributed by atoms with Gasteiger partial charge in [-0.25, -0.2) is 9.59 Å². The van der Waals surface area contributed by atoms with Gasteiger partial charge in [-0.1, -0.05) is 12.1 Å². The molecule has 1 heterocycles. The highest BCUT2D eigenvalue weighted by Gasteiger charge is 2.41. The number of anilines is 1. The Kier molecular flexibility index (Phi) is 6.44. The van der Waals surface area contributed by atoms with Crippen molar-refractivity contribution in [1.82, 2.24) is 4.90 Å². The molecular formula is C22H20N2O7. The number of rotatable bonds is 7. The Balaban J connectivity index is 1.53. The van der Waals surface area contributed by atoms with E-state index in [4.69, 9.17) is 9.47 Å². The smallest absolute Gasteiger partial charge is 0.338 e. The van der Waals surface area contributed by atoms with Gasteiger partial charge in [0.2, 0.25) is 0 Å². The highest BCUT2D eigenvalue weighted by atomic mass is 16.5. The van der Waals surface area contributed by atoms with Crippen molar-refractivity contribution >= 4 is 35.3 Å². The first-order chi connectivity index (χ1) is 14.8. The summed E-state index contributed by atoms with van der Waals surface area (Å²) in [5, 5.41) is 2.52. The molecule has 0 saturated carbocycles. The topological polar surface area (TPSA) is 119 Å². The van der Waals surface area contributed by atoms with Crippen LogP contribution in [0.15, 0.2) is 48.5 Å². The van der Waals surface area contributed by atoms with Crippen LogP contribution in [0.3, 0.4) is 0 Å². The highest BCUT2D eigenvalue weighted by Crippen LogP contribution is 2.24. The number of carbonyl (C=O) groups is 5. The molecule has 0 radical (unpaired) electrons. The Morgan fingerprint density at radius 2 is 1.52 bits per heavy atom. The van der Waals surface area contributed by atoms with Crippen LogP contribution in [0.5, 0.6) is 0 Å². The lowest BCUT2D eigenvalue weighted by Gasteiger charge is -2.20. The molecule has 0 aliphatic carbocycles. The van der Waals surface area contributed by atoms with Gasteiger partial charge in [0.1, 0.15) is 6.04 Å². The average Bonchev–Trinajstić information content (AvgIpc) is 3.02. The quantitative estimate of drug-likeness (QED) is 0.533. The summed E-state index contributed by atoms with van der Waals surface area (Å²) in [6.07, 6.45) is 0. The maximum atomic E-state index is 12.4. The summed E-state index contributed by atoms with van der Waals surface area (Å²) in [6.45, 7) is 2.70. The largest absolute Gasteiger partial charge is 0.462 e. The fourth-order valence-corrected chi connectivity index (χ4v) is 3.02. The number of hydrogen-bond acceptors (Lipinski definition) is 7. The molecule has 9 heteroatoms. The third-order valence-corrected chi connectivity index (χ3v) is 4.58. The number of fused-ring (bicyclic) bond motifs is 1. The zero-order chi connectivity index (χ0) is 22.5. The van der Waals surface area contributed by atoms with Crippen LogP contribution in [0.25, 0.3) is 0 Å². The van der Waals surface area contributed by atoms with Gasteiger partial charge in [0, 0.05) is 5.69 Å². The van der Waals surface area contributed by atoms with E-state index in [2.05, 4.69) is 5.32 Å². The summed E-state index contributed by atoms with van der Waals surface area (Å²) in [5.41, 5.74) is 1.16. The molecule has 3 rings (SSSR count). The number of nitrogens with one attached hydrogen (secondary N) is 1. The molecule has 31 heavy (non-hydrogen) atoms. The van der Waals surface area contributed by atoms with Crippen LogP contribution < -0.4 is 5.32 Å². The van der Waals surface area contributed by atoms with E-state index in [-0.39, 0.29) is 17.7 Å². The van der Waals surface area contributed by atoms with Crippen molar-refractivity contribution in [2.75, 3.05) is 18.5 Å². The molecule has 2 aromatic carbocycles. The number of nitrogens with zero attached hydrogens (tertiary/aromatic N) is 1. The molecular weight excluding hydrogens is 404 g/mol. The predicted molar refractivity (Wildman–Crippen MR) is 108 cm³/mol. The lowest BCUT2D eigenvalue weighted by molar-refractivity contribution is -0.150. The maximum absolute atomic E-state index is 12.4. The Bertz CT molecular complexity index is 1010. The standard InChI is InChI=1S/C22H20N2O7/c1-3-30-22(29)14-8-10-15(11-9-14)23-18(25)12-31-21(28)13(2)24-19(26)16-6-4-5-7-17(16)20(24)27/h4-11,13H,3,12H2,1-2H3,(H,23,25). The van der Waals surface area contributed by atoms with Crippen LogP contribution in [0, 0.1) is 0 Å². The minimum atomic E-state index is -1.19. The molecule has 0 spiro atoms. The van der Waals surface area contributed by atoms with Crippen molar-refractivity contribution in [2.45, 2.75) is 19.9 Å². The monoisotopic (exact) mass is 424 g/mol. The van der Waals surface area contributed by atoms with E-state index in [1.165, 1.54) is 43.3 Å². The second-order valence-electron chi connectivity index (χ2n) is 6.66. The first-order valence-electron chi connectivity index (χ1n) is 9.54. The molecule has 1 aliphatic heterocycles. The summed E-state index contributed by atoms with van der Waals surface area (Å²) in [5.74, 6) is -3.15. The maximum Gasteiger partial charge on any atom is 0.338 e. The number of ether oxygens (including phenoxy) is 2. The molecule has 1 N–H and O–H groups in total. The lowest BCUT2D eigenvalue weighted by atomic mass is 10.1. The molecule has 160 valence electrons. The van der Waals surface area contributed by atoms with Gasteiger partial charge in [-0.05, 0) is 50.2 Å². The third kappa shape index (κ3) is 4.61. The lowest BCUT2D eigenvalue weighted by Crippen LogP contribution is -2.44. The van der Waals surface area contributed by atoms with Crippen molar-refractivity contribution in [3.05, 3.63) is 65.2 Å². The van der Waals surface area contributed by atoms with Gasteiger partial charge in [0.15, 0.2) is 6.61 Å². The molecule has 1 aliphatic rings. The minimum Gasteiger partial charge on any atom is -0.462 e. The van der Waals surface area contributed by atoms with E-state index in [1.54, 1.807) is 19.1 Å². The zero-order valence-corrected chi connectivity index (χ0v) is 16.9. The van der Waals surface area contributed by atoms with Gasteiger partial charge in [0.25, 0.3) is 17.7 Å². The van der Waals surface area contributed by atoms with E-state index in [0.29, 0.717) is 11.3 Å². The molecule has 9 nitrogen and oxygen atoms in total. The number of amides is 3. The number of carbonyl (C=O) groups excluding carboxylic acids is 5. The number of benzene rings is 2. The molecule has 1 unspecified atom stereocenters. The third-order valence-electron chi connectivity index (χ3n) is 4.58. The van der Waals surface area contributed by atoms with Crippen LogP contribution in [0.1, 0.15) is 44.9 Å². The molecule has 2 aromatic rings. The van der Waals surface area contributed by atoms with Gasteiger partial charge in [-0.15, -0.1) is 0 Å². The van der Waals surface area contributed by atoms with Gasteiger partial charge >= 0.3 is 11.9 Å². The van der Waals surface area contributed by atoms with E-state index in [9.17, 15) is 24.0 Å². The van der Waals surface area contributed by atoms with Crippen LogP contribution in [-0.4, -0.2) is 53.8 Å². The average molecular weight is 424 g/mol. The Morgan fingerprint density at radius 1 is 0.935 bits per heavy atom. The predicted octanol–water partition coefficient (Wildman–Crippen LogP) is 2.03. The van der Waals surface area contributed by atoms with Gasteiger partial charge in [0.05, 0.1) is 23.3 Å². The number of hydrogen-bond donors (Lipinski definition) is 1. The molecule has 0 fully saturated rings. The van der Waals surface area contributed by atoms with Gasteiger partial charge < -0.3 is 14.8 Å². The summed E-state index contributed by atoms with van der Waals surface area (Å²) in [7, 11) is 0. The molecule has 0 bridgehead atoms. The SMILES string of the molecule is CCOC(=O)c1ccc(NC(=O)COC(=O)C(C)N2C(=O)c3ccccc3C2=O)cc1. The van der Waals surface area contributed by atoms with Crippen molar-refractivity contribution in [3.63, 3.8) is 0 Å².